The van der Waals surface area contributed by atoms with E-state index in [4.69, 9.17) is 4.98 Å². The molecular formula is C30H31N5O5. The smallest absolute Gasteiger partial charge is 0.305 e. The number of nitro benzene ring substituents is 1. The minimum Gasteiger partial charge on any atom is -0.481 e. The molecule has 1 aliphatic rings. The van der Waals surface area contributed by atoms with Crippen molar-refractivity contribution < 1.29 is 19.6 Å². The van der Waals surface area contributed by atoms with Gasteiger partial charge in [0.2, 0.25) is 0 Å². The third-order valence-corrected chi connectivity index (χ3v) is 7.45. The molecule has 2 aromatic heterocycles. The number of rotatable bonds is 10. The summed E-state index contributed by atoms with van der Waals surface area (Å²) in [5.74, 6) is -0.510. The maximum atomic E-state index is 13.3. The summed E-state index contributed by atoms with van der Waals surface area (Å²) in [5, 5.41) is 27.3. The zero-order valence-corrected chi connectivity index (χ0v) is 22.0. The second-order valence-corrected chi connectivity index (χ2v) is 10.2. The summed E-state index contributed by atoms with van der Waals surface area (Å²) in [6.07, 6.45) is 6.63. The molecule has 1 saturated carbocycles. The van der Waals surface area contributed by atoms with Gasteiger partial charge in [-0.25, -0.2) is 4.98 Å². The van der Waals surface area contributed by atoms with Gasteiger partial charge in [0, 0.05) is 42.0 Å². The number of nitrogens with zero attached hydrogens (tertiary/aromatic N) is 3. The van der Waals surface area contributed by atoms with Crippen LogP contribution in [0.15, 0.2) is 72.9 Å². The Morgan fingerprint density at radius 1 is 1.05 bits per heavy atom. The number of carboxylic acids is 1. The van der Waals surface area contributed by atoms with Crippen LogP contribution in [0.1, 0.15) is 54.4 Å². The molecule has 5 rings (SSSR count). The normalized spacial score (nSPS) is 14.5. The maximum absolute atomic E-state index is 13.3. The van der Waals surface area contributed by atoms with Gasteiger partial charge in [0.1, 0.15) is 17.2 Å². The average molecular weight is 542 g/mol. The number of hydrogen-bond donors (Lipinski definition) is 3. The second-order valence-electron chi connectivity index (χ2n) is 10.2. The molecule has 1 amide bonds. The third kappa shape index (κ3) is 6.12. The molecule has 206 valence electrons. The van der Waals surface area contributed by atoms with E-state index in [0.717, 1.165) is 37.7 Å². The van der Waals surface area contributed by atoms with E-state index in [1.807, 2.05) is 34.7 Å². The summed E-state index contributed by atoms with van der Waals surface area (Å²) in [4.78, 5) is 40.6. The van der Waals surface area contributed by atoms with Gasteiger partial charge in [-0.1, -0.05) is 61.7 Å². The molecule has 4 aromatic rings. The van der Waals surface area contributed by atoms with Gasteiger partial charge in [-0.2, -0.15) is 0 Å². The van der Waals surface area contributed by atoms with Crippen molar-refractivity contribution in [1.29, 1.82) is 0 Å². The lowest BCUT2D eigenvalue weighted by Gasteiger charge is -2.30. The first-order valence-corrected chi connectivity index (χ1v) is 13.5. The van der Waals surface area contributed by atoms with E-state index >= 15 is 0 Å². The first-order chi connectivity index (χ1) is 19.4. The molecule has 40 heavy (non-hydrogen) atoms. The van der Waals surface area contributed by atoms with Crippen LogP contribution in [-0.2, 0) is 11.3 Å². The Hall–Kier alpha value is -4.73. The van der Waals surface area contributed by atoms with Crippen molar-refractivity contribution in [2.24, 2.45) is 5.92 Å². The zero-order valence-electron chi connectivity index (χ0n) is 22.0. The molecule has 0 radical (unpaired) electrons. The van der Waals surface area contributed by atoms with E-state index in [9.17, 15) is 24.8 Å². The van der Waals surface area contributed by atoms with Gasteiger partial charge >= 0.3 is 5.97 Å². The molecule has 3 N–H and O–H groups in total. The number of anilines is 1. The summed E-state index contributed by atoms with van der Waals surface area (Å²) in [6.45, 7) is 0.497. The number of pyridine rings is 1. The fourth-order valence-corrected chi connectivity index (χ4v) is 5.42. The molecule has 1 unspecified atom stereocenters. The van der Waals surface area contributed by atoms with Crippen molar-refractivity contribution in [3.05, 3.63) is 94.2 Å². The van der Waals surface area contributed by atoms with Crippen molar-refractivity contribution in [2.45, 2.75) is 51.1 Å². The van der Waals surface area contributed by atoms with Gasteiger partial charge < -0.3 is 15.7 Å². The summed E-state index contributed by atoms with van der Waals surface area (Å²) >= 11 is 0. The van der Waals surface area contributed by atoms with Gasteiger partial charge in [-0.15, -0.1) is 0 Å². The SMILES string of the molecule is O=C(O)CC(NC(=O)c1ccn2c(NCc3ccccc3)c(-c3cccc([N+](=O)[O-])c3)nc2c1)C1CCCCC1. The molecule has 0 bridgehead atoms. The highest BCUT2D eigenvalue weighted by Gasteiger charge is 2.28. The van der Waals surface area contributed by atoms with E-state index in [0.29, 0.717) is 34.8 Å². The Bertz CT molecular complexity index is 1530. The highest BCUT2D eigenvalue weighted by molar-refractivity contribution is 5.96. The number of benzene rings is 2. The van der Waals surface area contributed by atoms with Crippen LogP contribution in [0.3, 0.4) is 0 Å². The van der Waals surface area contributed by atoms with Crippen LogP contribution in [0.25, 0.3) is 16.9 Å². The first-order valence-electron chi connectivity index (χ1n) is 13.5. The molecule has 1 atom stereocenters. The second kappa shape index (κ2) is 12.0. The van der Waals surface area contributed by atoms with Crippen LogP contribution < -0.4 is 10.6 Å². The minimum atomic E-state index is -0.935. The van der Waals surface area contributed by atoms with Gasteiger partial charge in [0.15, 0.2) is 0 Å². The molecule has 2 heterocycles. The number of nitrogens with one attached hydrogen (secondary N) is 2. The number of carbonyl (C=O) groups excluding carboxylic acids is 1. The number of hydrogen-bond acceptors (Lipinski definition) is 6. The third-order valence-electron chi connectivity index (χ3n) is 7.45. The Balaban J connectivity index is 1.48. The number of imidazole rings is 1. The molecule has 10 nitrogen and oxygen atoms in total. The van der Waals surface area contributed by atoms with Crippen LogP contribution in [0, 0.1) is 16.0 Å². The highest BCUT2D eigenvalue weighted by atomic mass is 16.6. The molecule has 10 heteroatoms. The standard InChI is InChI=1S/C30H31N5O5/c36-27(37)18-25(21-10-5-2-6-11-21)32-30(38)23-14-15-34-26(17-23)33-28(22-12-7-13-24(16-22)35(39)40)29(34)31-19-20-8-3-1-4-9-20/h1,3-4,7-9,12-17,21,25,31H,2,5-6,10-11,18-19H2,(H,32,38)(H,36,37). The summed E-state index contributed by atoms with van der Waals surface area (Å²) < 4.78 is 1.81. The fourth-order valence-electron chi connectivity index (χ4n) is 5.42. The van der Waals surface area contributed by atoms with Gasteiger partial charge in [-0.3, -0.25) is 24.1 Å². The highest BCUT2D eigenvalue weighted by Crippen LogP contribution is 2.32. The predicted octanol–water partition coefficient (Wildman–Crippen LogP) is 5.68. The number of fused-ring (bicyclic) bond motifs is 1. The lowest BCUT2D eigenvalue weighted by molar-refractivity contribution is -0.384. The van der Waals surface area contributed by atoms with E-state index < -0.39 is 16.9 Å². The first kappa shape index (κ1) is 26.9. The Morgan fingerprint density at radius 3 is 2.55 bits per heavy atom. The lowest BCUT2D eigenvalue weighted by atomic mass is 9.82. The monoisotopic (exact) mass is 541 g/mol. The van der Waals surface area contributed by atoms with Crippen molar-refractivity contribution in [3.63, 3.8) is 0 Å². The number of amides is 1. The van der Waals surface area contributed by atoms with Gasteiger partial charge in [0.05, 0.1) is 11.3 Å². The molecule has 0 saturated heterocycles. The minimum absolute atomic E-state index is 0.0455. The van der Waals surface area contributed by atoms with Crippen molar-refractivity contribution in [1.82, 2.24) is 14.7 Å². The predicted molar refractivity (Wildman–Crippen MR) is 151 cm³/mol. The summed E-state index contributed by atoms with van der Waals surface area (Å²) in [6, 6.07) is 19.0. The molecular weight excluding hydrogens is 510 g/mol. The Kier molecular flexibility index (Phi) is 8.04. The Labute approximate surface area is 231 Å². The van der Waals surface area contributed by atoms with Crippen LogP contribution >= 0.6 is 0 Å². The van der Waals surface area contributed by atoms with Crippen LogP contribution in [0.4, 0.5) is 11.5 Å². The molecule has 0 aliphatic heterocycles. The van der Waals surface area contributed by atoms with Gasteiger partial charge in [-0.05, 0) is 36.5 Å². The molecule has 1 aliphatic carbocycles. The maximum Gasteiger partial charge on any atom is 0.305 e. The largest absolute Gasteiger partial charge is 0.481 e. The van der Waals surface area contributed by atoms with Gasteiger partial charge in [0.25, 0.3) is 11.6 Å². The van der Waals surface area contributed by atoms with E-state index in [2.05, 4.69) is 10.6 Å². The quantitative estimate of drug-likeness (QED) is 0.173. The van der Waals surface area contributed by atoms with E-state index in [1.165, 1.54) is 12.1 Å². The van der Waals surface area contributed by atoms with E-state index in [-0.39, 0.29) is 23.9 Å². The van der Waals surface area contributed by atoms with Crippen molar-refractivity contribution in [3.8, 4) is 11.3 Å². The number of nitro groups is 1. The summed E-state index contributed by atoms with van der Waals surface area (Å²) in [7, 11) is 0. The number of carboxylic acid groups (broad SMARTS) is 1. The zero-order chi connectivity index (χ0) is 28.1. The van der Waals surface area contributed by atoms with Crippen molar-refractivity contribution in [2.75, 3.05) is 5.32 Å². The fraction of sp³-hybridized carbons (Fsp3) is 0.300. The van der Waals surface area contributed by atoms with Crippen LogP contribution in [0.2, 0.25) is 0 Å². The van der Waals surface area contributed by atoms with E-state index in [1.54, 1.807) is 30.5 Å². The Morgan fingerprint density at radius 2 is 1.82 bits per heavy atom. The lowest BCUT2D eigenvalue weighted by Crippen LogP contribution is -2.42. The average Bonchev–Trinajstić information content (AvgIpc) is 3.34. The van der Waals surface area contributed by atoms with Crippen molar-refractivity contribution >= 4 is 29.0 Å². The van der Waals surface area contributed by atoms with Crippen LogP contribution in [0.5, 0.6) is 0 Å². The molecule has 0 spiro atoms. The number of carbonyl (C=O) groups is 2. The topological polar surface area (TPSA) is 139 Å². The number of non-ortho nitro benzene ring substituents is 1. The number of aliphatic carboxylic acids is 1. The molecule has 2 aromatic carbocycles. The summed E-state index contributed by atoms with van der Waals surface area (Å²) in [5.41, 5.74) is 2.93. The van der Waals surface area contributed by atoms with Crippen LogP contribution in [-0.4, -0.2) is 37.3 Å². The molecule has 1 fully saturated rings. The number of aromatic nitrogens is 2.